The topological polar surface area (TPSA) is 92.8 Å². The summed E-state index contributed by atoms with van der Waals surface area (Å²) in [4.78, 5) is 28.4. The first-order chi connectivity index (χ1) is 13.7. The minimum Gasteiger partial charge on any atom is -0.495 e. The number of carbonyl (C=O) groups is 1. The third-order valence-corrected chi connectivity index (χ3v) is 4.44. The van der Waals surface area contributed by atoms with Crippen molar-refractivity contribution in [3.63, 3.8) is 0 Å². The Hall–Kier alpha value is -3.74. The third kappa shape index (κ3) is 3.42. The molecule has 0 fully saturated rings. The molecular weight excluding hydrogens is 354 g/mol. The van der Waals surface area contributed by atoms with Gasteiger partial charge < -0.3 is 15.0 Å². The summed E-state index contributed by atoms with van der Waals surface area (Å²) in [7, 11) is 3.21. The van der Waals surface area contributed by atoms with Crippen molar-refractivity contribution in [1.82, 2.24) is 25.3 Å². The highest BCUT2D eigenvalue weighted by atomic mass is 16.5. The van der Waals surface area contributed by atoms with Crippen LogP contribution >= 0.6 is 0 Å². The fourth-order valence-electron chi connectivity index (χ4n) is 3.11. The maximum Gasteiger partial charge on any atom is 0.267 e. The lowest BCUT2D eigenvalue weighted by molar-refractivity contribution is 0.0959. The maximum atomic E-state index is 11.9. The van der Waals surface area contributed by atoms with E-state index >= 15 is 0 Å². The summed E-state index contributed by atoms with van der Waals surface area (Å²) in [5.41, 5.74) is 3.85. The molecule has 0 atom stereocenters. The third-order valence-electron chi connectivity index (χ3n) is 4.44. The van der Waals surface area contributed by atoms with Crippen molar-refractivity contribution in [2.75, 3.05) is 14.2 Å². The molecule has 4 aromatic rings. The van der Waals surface area contributed by atoms with Crippen LogP contribution in [0.15, 0.2) is 54.9 Å². The lowest BCUT2D eigenvalue weighted by Crippen LogP contribution is -2.17. The van der Waals surface area contributed by atoms with Crippen molar-refractivity contribution in [2.24, 2.45) is 0 Å². The van der Waals surface area contributed by atoms with Crippen LogP contribution in [0.5, 0.6) is 5.75 Å². The van der Waals surface area contributed by atoms with Gasteiger partial charge in [-0.25, -0.2) is 9.97 Å². The fourth-order valence-corrected chi connectivity index (χ4v) is 3.11. The molecule has 3 aromatic heterocycles. The Morgan fingerprint density at radius 2 is 2.00 bits per heavy atom. The van der Waals surface area contributed by atoms with E-state index in [1.54, 1.807) is 26.6 Å². The van der Waals surface area contributed by atoms with E-state index in [1.165, 1.54) is 0 Å². The quantitative estimate of drug-likeness (QED) is 0.561. The number of H-pyrrole nitrogens is 1. The van der Waals surface area contributed by atoms with Gasteiger partial charge in [-0.3, -0.25) is 9.78 Å². The Morgan fingerprint density at radius 3 is 2.75 bits per heavy atom. The summed E-state index contributed by atoms with van der Waals surface area (Å²) >= 11 is 0. The van der Waals surface area contributed by atoms with Crippen LogP contribution in [-0.2, 0) is 6.42 Å². The lowest BCUT2D eigenvalue weighted by atomic mass is 10.1. The second-order valence-electron chi connectivity index (χ2n) is 6.27. The van der Waals surface area contributed by atoms with Crippen molar-refractivity contribution < 1.29 is 9.53 Å². The zero-order chi connectivity index (χ0) is 19.5. The van der Waals surface area contributed by atoms with Crippen LogP contribution in [0.2, 0.25) is 0 Å². The number of carbonyl (C=O) groups excluding carboxylic acids is 1. The number of methoxy groups -OCH3 is 1. The van der Waals surface area contributed by atoms with Crippen molar-refractivity contribution in [2.45, 2.75) is 6.42 Å². The molecule has 28 heavy (non-hydrogen) atoms. The molecular formula is C21H19N5O2. The summed E-state index contributed by atoms with van der Waals surface area (Å²) in [6.45, 7) is 0. The number of nitrogens with one attached hydrogen (secondary N) is 2. The van der Waals surface area contributed by atoms with Gasteiger partial charge in [-0.1, -0.05) is 6.07 Å². The molecule has 0 aliphatic carbocycles. The molecule has 0 aliphatic rings. The fraction of sp³-hybridized carbons (Fsp3) is 0.143. The second-order valence-corrected chi connectivity index (χ2v) is 6.27. The van der Waals surface area contributed by atoms with Gasteiger partial charge in [0.15, 0.2) is 0 Å². The van der Waals surface area contributed by atoms with Gasteiger partial charge in [-0.05, 0) is 42.0 Å². The molecule has 4 rings (SSSR count). The van der Waals surface area contributed by atoms with Gasteiger partial charge in [0, 0.05) is 31.2 Å². The average molecular weight is 373 g/mol. The van der Waals surface area contributed by atoms with Crippen LogP contribution < -0.4 is 10.1 Å². The SMILES string of the molecule is CNC(=O)c1cc2cc(Cc3nccc(-c4ccccn4)n3)cc(OC)c2[nH]1. The smallest absolute Gasteiger partial charge is 0.267 e. The second kappa shape index (κ2) is 7.48. The highest BCUT2D eigenvalue weighted by Gasteiger charge is 2.13. The van der Waals surface area contributed by atoms with Crippen LogP contribution in [0.1, 0.15) is 21.9 Å². The maximum absolute atomic E-state index is 11.9. The minimum atomic E-state index is -0.175. The lowest BCUT2D eigenvalue weighted by Gasteiger charge is -2.07. The molecule has 0 radical (unpaired) electrons. The monoisotopic (exact) mass is 373 g/mol. The average Bonchev–Trinajstić information content (AvgIpc) is 3.17. The van der Waals surface area contributed by atoms with E-state index in [0.717, 1.165) is 27.9 Å². The molecule has 0 unspecified atom stereocenters. The Bertz CT molecular complexity index is 1140. The molecule has 3 heterocycles. The van der Waals surface area contributed by atoms with Crippen LogP contribution in [0, 0.1) is 0 Å². The summed E-state index contributed by atoms with van der Waals surface area (Å²) in [5.74, 6) is 1.18. The Morgan fingerprint density at radius 1 is 1.11 bits per heavy atom. The highest BCUT2D eigenvalue weighted by Crippen LogP contribution is 2.29. The number of nitrogens with zero attached hydrogens (tertiary/aromatic N) is 3. The number of fused-ring (bicyclic) bond motifs is 1. The molecule has 0 saturated heterocycles. The number of rotatable bonds is 5. The van der Waals surface area contributed by atoms with E-state index in [0.29, 0.717) is 23.7 Å². The van der Waals surface area contributed by atoms with Crippen LogP contribution in [0.3, 0.4) is 0 Å². The Labute approximate surface area is 161 Å². The van der Waals surface area contributed by atoms with E-state index in [1.807, 2.05) is 42.5 Å². The van der Waals surface area contributed by atoms with E-state index in [9.17, 15) is 4.79 Å². The number of ether oxygens (including phenoxy) is 1. The van der Waals surface area contributed by atoms with Crippen LogP contribution in [0.4, 0.5) is 0 Å². The summed E-state index contributed by atoms with van der Waals surface area (Å²) < 4.78 is 5.51. The summed E-state index contributed by atoms with van der Waals surface area (Å²) in [6.07, 6.45) is 4.02. The molecule has 0 bridgehead atoms. The number of amides is 1. The van der Waals surface area contributed by atoms with Crippen molar-refractivity contribution in [1.29, 1.82) is 0 Å². The van der Waals surface area contributed by atoms with Crippen molar-refractivity contribution in [3.8, 4) is 17.1 Å². The zero-order valence-electron chi connectivity index (χ0n) is 15.6. The number of hydrogen-bond donors (Lipinski definition) is 2. The molecule has 7 nitrogen and oxygen atoms in total. The number of hydrogen-bond acceptors (Lipinski definition) is 5. The summed E-state index contributed by atoms with van der Waals surface area (Å²) in [5, 5.41) is 3.52. The van der Waals surface area contributed by atoms with E-state index < -0.39 is 0 Å². The largest absolute Gasteiger partial charge is 0.495 e. The minimum absolute atomic E-state index is 0.175. The molecule has 2 N–H and O–H groups in total. The predicted molar refractivity (Wildman–Crippen MR) is 106 cm³/mol. The van der Waals surface area contributed by atoms with Gasteiger partial charge in [-0.15, -0.1) is 0 Å². The van der Waals surface area contributed by atoms with Crippen molar-refractivity contribution in [3.05, 3.63) is 71.9 Å². The standard InChI is InChI=1S/C21H19N5O2/c1-22-21(27)17-12-14-9-13(10-18(28-2)20(14)26-17)11-19-24-8-6-16(25-19)15-5-3-4-7-23-15/h3-10,12,26H,11H2,1-2H3,(H,22,27). The van der Waals surface area contributed by atoms with Gasteiger partial charge in [0.25, 0.3) is 5.91 Å². The summed E-state index contributed by atoms with van der Waals surface area (Å²) in [6, 6.07) is 13.3. The van der Waals surface area contributed by atoms with Crippen LogP contribution in [0.25, 0.3) is 22.3 Å². The van der Waals surface area contributed by atoms with Crippen molar-refractivity contribution >= 4 is 16.8 Å². The predicted octanol–water partition coefficient (Wildman–Crippen LogP) is 2.98. The first kappa shape index (κ1) is 17.7. The van der Waals surface area contributed by atoms with Crippen LogP contribution in [-0.4, -0.2) is 40.0 Å². The van der Waals surface area contributed by atoms with Gasteiger partial charge in [0.2, 0.25) is 0 Å². The highest BCUT2D eigenvalue weighted by molar-refractivity contribution is 5.99. The molecule has 7 heteroatoms. The van der Waals surface area contributed by atoms with Gasteiger partial charge in [-0.2, -0.15) is 0 Å². The normalized spacial score (nSPS) is 10.8. The molecule has 0 saturated carbocycles. The Balaban J connectivity index is 1.69. The van der Waals surface area contributed by atoms with E-state index in [2.05, 4.69) is 25.3 Å². The molecule has 0 aliphatic heterocycles. The number of pyridine rings is 1. The number of benzene rings is 1. The molecule has 140 valence electrons. The first-order valence-corrected chi connectivity index (χ1v) is 8.83. The molecule has 1 amide bonds. The van der Waals surface area contributed by atoms with E-state index in [4.69, 9.17) is 4.74 Å². The Kier molecular flexibility index (Phi) is 4.72. The molecule has 0 spiro atoms. The first-order valence-electron chi connectivity index (χ1n) is 8.83. The van der Waals surface area contributed by atoms with E-state index in [-0.39, 0.29) is 5.91 Å². The number of aromatic amines is 1. The van der Waals surface area contributed by atoms with Gasteiger partial charge in [0.05, 0.1) is 24.0 Å². The van der Waals surface area contributed by atoms with Gasteiger partial charge >= 0.3 is 0 Å². The number of aromatic nitrogens is 4. The zero-order valence-corrected chi connectivity index (χ0v) is 15.6. The van der Waals surface area contributed by atoms with Gasteiger partial charge in [0.1, 0.15) is 17.3 Å². The molecule has 1 aromatic carbocycles.